The van der Waals surface area contributed by atoms with Crippen molar-refractivity contribution in [3.8, 4) is 5.75 Å². The molecule has 1 atom stereocenters. The highest BCUT2D eigenvalue weighted by Crippen LogP contribution is 2.26. The van der Waals surface area contributed by atoms with Crippen LogP contribution in [-0.4, -0.2) is 24.5 Å². The number of carbonyl (C=O) groups is 2. The lowest BCUT2D eigenvalue weighted by molar-refractivity contribution is -0.127. The molecular weight excluding hydrogens is 415 g/mol. The molecule has 0 aromatic heterocycles. The number of anilines is 1. The van der Waals surface area contributed by atoms with Crippen molar-refractivity contribution in [1.29, 1.82) is 0 Å². The highest BCUT2D eigenvalue weighted by atomic mass is 79.9. The summed E-state index contributed by atoms with van der Waals surface area (Å²) in [6, 6.07) is 11.6. The second-order valence-corrected chi connectivity index (χ2v) is 7.22. The Kier molecular flexibility index (Phi) is 6.11. The van der Waals surface area contributed by atoms with Gasteiger partial charge in [-0.15, -0.1) is 0 Å². The first-order valence-electron chi connectivity index (χ1n) is 8.73. The molecule has 3 rings (SSSR count). The molecule has 1 N–H and O–H groups in total. The van der Waals surface area contributed by atoms with E-state index in [1.54, 1.807) is 11.8 Å². The van der Waals surface area contributed by atoms with E-state index in [0.717, 1.165) is 24.2 Å². The molecule has 0 bridgehead atoms. The number of nitrogens with one attached hydrogen (secondary N) is 1. The lowest BCUT2D eigenvalue weighted by Gasteiger charge is -2.17. The smallest absolute Gasteiger partial charge is 0.261 e. The predicted octanol–water partition coefficient (Wildman–Crippen LogP) is 3.80. The van der Waals surface area contributed by atoms with Crippen LogP contribution in [0.2, 0.25) is 0 Å². The number of rotatable bonds is 6. The largest absolute Gasteiger partial charge is 0.480 e. The van der Waals surface area contributed by atoms with Crippen LogP contribution in [0.5, 0.6) is 5.75 Å². The normalized spacial score (nSPS) is 14.9. The molecular formula is C20H20BrFN2O3. The number of halogens is 2. The maximum atomic E-state index is 13.1. The molecule has 27 heavy (non-hydrogen) atoms. The van der Waals surface area contributed by atoms with Gasteiger partial charge in [0.05, 0.1) is 4.47 Å². The monoisotopic (exact) mass is 434 g/mol. The molecule has 1 unspecified atom stereocenters. The SMILES string of the molecule is CC(Oc1ccc(F)cc1Br)C(=O)NCc1ccc(N2CCCC2=O)cc1. The Bertz CT molecular complexity index is 842. The molecule has 7 heteroatoms. The molecule has 1 heterocycles. The van der Waals surface area contributed by atoms with Crippen LogP contribution in [0.25, 0.3) is 0 Å². The Labute approximate surface area is 165 Å². The fraction of sp³-hybridized carbons (Fsp3) is 0.300. The minimum Gasteiger partial charge on any atom is -0.480 e. The molecule has 1 aliphatic heterocycles. The van der Waals surface area contributed by atoms with Crippen molar-refractivity contribution in [2.75, 3.05) is 11.4 Å². The van der Waals surface area contributed by atoms with E-state index in [1.807, 2.05) is 24.3 Å². The van der Waals surface area contributed by atoms with Gasteiger partial charge in [-0.3, -0.25) is 9.59 Å². The van der Waals surface area contributed by atoms with E-state index in [4.69, 9.17) is 4.74 Å². The van der Waals surface area contributed by atoms with Crippen molar-refractivity contribution < 1.29 is 18.7 Å². The van der Waals surface area contributed by atoms with E-state index in [-0.39, 0.29) is 17.6 Å². The van der Waals surface area contributed by atoms with Crippen LogP contribution in [-0.2, 0) is 16.1 Å². The van der Waals surface area contributed by atoms with Gasteiger partial charge >= 0.3 is 0 Å². The van der Waals surface area contributed by atoms with Gasteiger partial charge in [0.2, 0.25) is 5.91 Å². The van der Waals surface area contributed by atoms with Crippen LogP contribution < -0.4 is 15.0 Å². The summed E-state index contributed by atoms with van der Waals surface area (Å²) in [6.07, 6.45) is 0.756. The summed E-state index contributed by atoms with van der Waals surface area (Å²) >= 11 is 3.21. The number of amides is 2. The average molecular weight is 435 g/mol. The fourth-order valence-electron chi connectivity index (χ4n) is 2.86. The molecule has 0 radical (unpaired) electrons. The van der Waals surface area contributed by atoms with Gasteiger partial charge in [-0.1, -0.05) is 12.1 Å². The third-order valence-corrected chi connectivity index (χ3v) is 4.97. The molecule has 0 saturated carbocycles. The zero-order chi connectivity index (χ0) is 19.4. The van der Waals surface area contributed by atoms with Gasteiger partial charge < -0.3 is 15.0 Å². The maximum Gasteiger partial charge on any atom is 0.261 e. The van der Waals surface area contributed by atoms with Crippen molar-refractivity contribution >= 4 is 33.4 Å². The van der Waals surface area contributed by atoms with Gasteiger partial charge in [0.1, 0.15) is 11.6 Å². The topological polar surface area (TPSA) is 58.6 Å². The first-order chi connectivity index (χ1) is 12.9. The predicted molar refractivity (Wildman–Crippen MR) is 104 cm³/mol. The zero-order valence-corrected chi connectivity index (χ0v) is 16.5. The van der Waals surface area contributed by atoms with Crippen LogP contribution in [0.4, 0.5) is 10.1 Å². The molecule has 1 saturated heterocycles. The number of hydrogen-bond donors (Lipinski definition) is 1. The Morgan fingerprint density at radius 3 is 2.67 bits per heavy atom. The first-order valence-corrected chi connectivity index (χ1v) is 9.52. The van der Waals surface area contributed by atoms with Gasteiger partial charge in [-0.25, -0.2) is 4.39 Å². The van der Waals surface area contributed by atoms with Crippen molar-refractivity contribution in [2.45, 2.75) is 32.4 Å². The highest BCUT2D eigenvalue weighted by Gasteiger charge is 2.21. The van der Waals surface area contributed by atoms with Crippen molar-refractivity contribution in [3.63, 3.8) is 0 Å². The quantitative estimate of drug-likeness (QED) is 0.751. The van der Waals surface area contributed by atoms with E-state index in [9.17, 15) is 14.0 Å². The second kappa shape index (κ2) is 8.52. The summed E-state index contributed by atoms with van der Waals surface area (Å²) in [4.78, 5) is 25.8. The number of nitrogens with zero attached hydrogens (tertiary/aromatic N) is 1. The Morgan fingerprint density at radius 2 is 2.04 bits per heavy atom. The molecule has 142 valence electrons. The average Bonchev–Trinajstić information content (AvgIpc) is 3.08. The molecule has 1 aliphatic rings. The molecule has 2 aromatic rings. The molecule has 2 aromatic carbocycles. The Balaban J connectivity index is 1.53. The summed E-state index contributed by atoms with van der Waals surface area (Å²) in [5.74, 6) is -0.108. The summed E-state index contributed by atoms with van der Waals surface area (Å²) < 4.78 is 19.1. The number of benzene rings is 2. The van der Waals surface area contributed by atoms with Crippen LogP contribution in [0.3, 0.4) is 0 Å². The Morgan fingerprint density at radius 1 is 1.30 bits per heavy atom. The van der Waals surface area contributed by atoms with Gasteiger partial charge in [-0.05, 0) is 65.2 Å². The summed E-state index contributed by atoms with van der Waals surface area (Å²) in [5.41, 5.74) is 1.80. The maximum absolute atomic E-state index is 13.1. The lowest BCUT2D eigenvalue weighted by Crippen LogP contribution is -2.36. The minimum absolute atomic E-state index is 0.147. The number of ether oxygens (including phenoxy) is 1. The van der Waals surface area contributed by atoms with E-state index < -0.39 is 6.10 Å². The van der Waals surface area contributed by atoms with Gasteiger partial charge in [0, 0.05) is 25.2 Å². The number of carbonyl (C=O) groups excluding carboxylic acids is 2. The third kappa shape index (κ3) is 4.86. The standard InChI is InChI=1S/C20H20BrFN2O3/c1-13(27-18-9-6-15(22)11-17(18)21)20(26)23-12-14-4-7-16(8-5-14)24-10-2-3-19(24)25/h4-9,11,13H,2-3,10,12H2,1H3,(H,23,26). The summed E-state index contributed by atoms with van der Waals surface area (Å²) in [7, 11) is 0. The molecule has 0 spiro atoms. The highest BCUT2D eigenvalue weighted by molar-refractivity contribution is 9.10. The Hall–Kier alpha value is -2.41. The fourth-order valence-corrected chi connectivity index (χ4v) is 3.31. The van der Waals surface area contributed by atoms with E-state index in [2.05, 4.69) is 21.2 Å². The third-order valence-electron chi connectivity index (χ3n) is 4.36. The van der Waals surface area contributed by atoms with Gasteiger partial charge in [0.15, 0.2) is 6.10 Å². The van der Waals surface area contributed by atoms with Gasteiger partial charge in [-0.2, -0.15) is 0 Å². The van der Waals surface area contributed by atoms with Crippen molar-refractivity contribution in [2.24, 2.45) is 0 Å². The molecule has 0 aliphatic carbocycles. The summed E-state index contributed by atoms with van der Waals surface area (Å²) in [5, 5.41) is 2.81. The summed E-state index contributed by atoms with van der Waals surface area (Å²) in [6.45, 7) is 2.74. The van der Waals surface area contributed by atoms with E-state index >= 15 is 0 Å². The van der Waals surface area contributed by atoms with Crippen LogP contribution in [0.15, 0.2) is 46.9 Å². The second-order valence-electron chi connectivity index (χ2n) is 6.37. The van der Waals surface area contributed by atoms with Crippen LogP contribution in [0, 0.1) is 5.82 Å². The van der Waals surface area contributed by atoms with Crippen molar-refractivity contribution in [3.05, 3.63) is 58.3 Å². The van der Waals surface area contributed by atoms with E-state index in [0.29, 0.717) is 23.2 Å². The van der Waals surface area contributed by atoms with Crippen molar-refractivity contribution in [1.82, 2.24) is 5.32 Å². The molecule has 2 amide bonds. The van der Waals surface area contributed by atoms with Crippen LogP contribution in [0.1, 0.15) is 25.3 Å². The molecule has 5 nitrogen and oxygen atoms in total. The zero-order valence-electron chi connectivity index (χ0n) is 14.9. The molecule has 1 fully saturated rings. The van der Waals surface area contributed by atoms with E-state index in [1.165, 1.54) is 18.2 Å². The number of hydrogen-bond acceptors (Lipinski definition) is 3. The first kappa shape index (κ1) is 19.4. The lowest BCUT2D eigenvalue weighted by atomic mass is 10.2. The van der Waals surface area contributed by atoms with Crippen LogP contribution >= 0.6 is 15.9 Å². The van der Waals surface area contributed by atoms with Gasteiger partial charge in [0.25, 0.3) is 5.91 Å². The minimum atomic E-state index is -0.728.